The Bertz CT molecular complexity index is 569. The quantitative estimate of drug-likeness (QED) is 0.305. The van der Waals surface area contributed by atoms with Gasteiger partial charge < -0.3 is 16.2 Å². The van der Waals surface area contributed by atoms with Gasteiger partial charge in [0.05, 0.1) is 10.5 Å². The van der Waals surface area contributed by atoms with Crippen molar-refractivity contribution in [2.24, 2.45) is 5.73 Å². The first-order valence-corrected chi connectivity index (χ1v) is 6.37. The molecule has 0 saturated heterocycles. The van der Waals surface area contributed by atoms with E-state index in [1.54, 1.807) is 13.0 Å². The summed E-state index contributed by atoms with van der Waals surface area (Å²) in [6, 6.07) is -1.38. The van der Waals surface area contributed by atoms with Crippen LogP contribution in [0.25, 0.3) is 0 Å². The predicted molar refractivity (Wildman–Crippen MR) is 72.7 cm³/mol. The van der Waals surface area contributed by atoms with E-state index in [-0.39, 0.29) is 12.5 Å². The lowest BCUT2D eigenvalue weighted by Crippen LogP contribution is -2.36. The van der Waals surface area contributed by atoms with Crippen LogP contribution in [0.2, 0.25) is 0 Å². The number of hydrogen-bond donors (Lipinski definition) is 3. The molecule has 0 radical (unpaired) electrons. The molecule has 0 aromatic heterocycles. The van der Waals surface area contributed by atoms with Crippen LogP contribution in [-0.4, -0.2) is 33.1 Å². The molecule has 0 amide bonds. The number of nitro groups is 1. The summed E-state index contributed by atoms with van der Waals surface area (Å²) in [6.45, 7) is 1.79. The molecule has 8 heteroatoms. The lowest BCUT2D eigenvalue weighted by Gasteiger charge is -2.21. The van der Waals surface area contributed by atoms with Gasteiger partial charge in [-0.3, -0.25) is 14.9 Å². The summed E-state index contributed by atoms with van der Waals surface area (Å²) >= 11 is 6.12. The molecule has 4 N–H and O–H groups in total. The Balaban J connectivity index is 2.50. The highest BCUT2D eigenvalue weighted by atomic mass is 35.5. The third kappa shape index (κ3) is 2.19. The minimum Gasteiger partial charge on any atom is -0.480 e. The number of aliphatic carboxylic acids is 1. The molecular formula is C12H14ClN3O4. The molecule has 0 bridgehead atoms. The maximum atomic E-state index is 11.3. The normalized spacial score (nSPS) is 29.6. The van der Waals surface area contributed by atoms with Crippen molar-refractivity contribution in [1.29, 1.82) is 0 Å². The summed E-state index contributed by atoms with van der Waals surface area (Å²) < 4.78 is 0. The smallest absolute Gasteiger partial charge is 0.341 e. The number of nitrogens with two attached hydrogens (primary N) is 1. The zero-order valence-corrected chi connectivity index (χ0v) is 11.4. The Hall–Kier alpha value is -1.86. The molecule has 0 spiro atoms. The number of nitrogens with one attached hydrogen (secondary N) is 1. The van der Waals surface area contributed by atoms with Crippen molar-refractivity contribution in [2.75, 3.05) is 0 Å². The van der Waals surface area contributed by atoms with Crippen LogP contribution in [0.15, 0.2) is 35.1 Å². The standard InChI is InChI=1S/C12H14ClN3O4/c1-6-7(5-8(14)11(17)18)10-9(15-6)3-2-4-12(10,13)16(19)20/h2-4,6,8,15H,5,14H2,1H3,(H,17,18). The third-order valence-electron chi connectivity index (χ3n) is 3.44. The first-order valence-electron chi connectivity index (χ1n) is 5.99. The molecule has 7 nitrogen and oxygen atoms in total. The summed E-state index contributed by atoms with van der Waals surface area (Å²) in [5.41, 5.74) is 6.93. The van der Waals surface area contributed by atoms with E-state index in [1.807, 2.05) is 0 Å². The second-order valence-corrected chi connectivity index (χ2v) is 5.36. The number of fused-ring (bicyclic) bond motifs is 1. The number of hydrogen-bond acceptors (Lipinski definition) is 5. The van der Waals surface area contributed by atoms with Crippen LogP contribution >= 0.6 is 11.6 Å². The molecule has 1 aliphatic heterocycles. The Morgan fingerprint density at radius 3 is 2.95 bits per heavy atom. The van der Waals surface area contributed by atoms with Crippen LogP contribution in [0.3, 0.4) is 0 Å². The third-order valence-corrected chi connectivity index (χ3v) is 3.89. The van der Waals surface area contributed by atoms with Crippen molar-refractivity contribution in [1.82, 2.24) is 5.32 Å². The van der Waals surface area contributed by atoms with E-state index in [9.17, 15) is 14.9 Å². The van der Waals surface area contributed by atoms with Crippen LogP contribution < -0.4 is 11.1 Å². The van der Waals surface area contributed by atoms with Gasteiger partial charge in [-0.15, -0.1) is 0 Å². The zero-order chi connectivity index (χ0) is 15.1. The van der Waals surface area contributed by atoms with E-state index >= 15 is 0 Å². The number of alkyl halides is 1. The SMILES string of the molecule is CC1NC2=CC=CC(Cl)([N+](=O)[O-])C2=C1CC(N)C(=O)O. The van der Waals surface area contributed by atoms with Gasteiger partial charge in [0.1, 0.15) is 6.04 Å². The molecule has 1 heterocycles. The average Bonchev–Trinajstić information content (AvgIpc) is 2.67. The summed E-state index contributed by atoms with van der Waals surface area (Å²) in [5.74, 6) is -1.16. The van der Waals surface area contributed by atoms with Crippen molar-refractivity contribution in [3.8, 4) is 0 Å². The summed E-state index contributed by atoms with van der Waals surface area (Å²) in [4.78, 5) is 19.7. The molecular weight excluding hydrogens is 286 g/mol. The minimum atomic E-state index is -1.88. The van der Waals surface area contributed by atoms with Crippen molar-refractivity contribution in [3.05, 3.63) is 45.2 Å². The fourth-order valence-electron chi connectivity index (χ4n) is 2.44. The van der Waals surface area contributed by atoms with Crippen LogP contribution in [0.5, 0.6) is 0 Å². The summed E-state index contributed by atoms with van der Waals surface area (Å²) in [6.07, 6.45) is 4.47. The van der Waals surface area contributed by atoms with E-state index in [2.05, 4.69) is 5.32 Å². The fraction of sp³-hybridized carbons (Fsp3) is 0.417. The van der Waals surface area contributed by atoms with Crippen molar-refractivity contribution >= 4 is 17.6 Å². The molecule has 2 rings (SSSR count). The highest BCUT2D eigenvalue weighted by Gasteiger charge is 2.50. The van der Waals surface area contributed by atoms with Gasteiger partial charge in [-0.05, 0) is 36.6 Å². The highest BCUT2D eigenvalue weighted by Crippen LogP contribution is 2.42. The number of allylic oxidation sites excluding steroid dienone is 2. The van der Waals surface area contributed by atoms with Crippen LogP contribution in [0, 0.1) is 10.1 Å². The number of carboxylic acids is 1. The van der Waals surface area contributed by atoms with Crippen molar-refractivity contribution in [3.63, 3.8) is 0 Å². The molecule has 1 aliphatic carbocycles. The topological polar surface area (TPSA) is 118 Å². The minimum absolute atomic E-state index is 0.00627. The Labute approximate surface area is 119 Å². The van der Waals surface area contributed by atoms with Crippen LogP contribution in [0.4, 0.5) is 0 Å². The van der Waals surface area contributed by atoms with E-state index < -0.39 is 21.9 Å². The monoisotopic (exact) mass is 299 g/mol. The van der Waals surface area contributed by atoms with E-state index in [0.29, 0.717) is 16.8 Å². The lowest BCUT2D eigenvalue weighted by atomic mass is 9.91. The van der Waals surface area contributed by atoms with Gasteiger partial charge in [0.15, 0.2) is 0 Å². The van der Waals surface area contributed by atoms with E-state index in [0.717, 1.165) is 0 Å². The van der Waals surface area contributed by atoms with Crippen LogP contribution in [0.1, 0.15) is 13.3 Å². The Kier molecular flexibility index (Phi) is 3.58. The van der Waals surface area contributed by atoms with Gasteiger partial charge in [0, 0.05) is 17.8 Å². The second-order valence-electron chi connectivity index (χ2n) is 4.79. The van der Waals surface area contributed by atoms with Crippen molar-refractivity contribution in [2.45, 2.75) is 30.4 Å². The average molecular weight is 300 g/mol. The number of halogens is 1. The molecule has 20 heavy (non-hydrogen) atoms. The number of nitrogens with zero attached hydrogens (tertiary/aromatic N) is 1. The molecule has 0 aromatic carbocycles. The largest absolute Gasteiger partial charge is 0.480 e. The molecule has 2 aliphatic rings. The van der Waals surface area contributed by atoms with Crippen LogP contribution in [-0.2, 0) is 4.79 Å². The molecule has 0 aromatic rings. The van der Waals surface area contributed by atoms with Crippen molar-refractivity contribution < 1.29 is 14.8 Å². The number of rotatable bonds is 4. The number of carbonyl (C=O) groups is 1. The van der Waals surface area contributed by atoms with Gasteiger partial charge in [-0.2, -0.15) is 0 Å². The molecule has 108 valence electrons. The lowest BCUT2D eigenvalue weighted by molar-refractivity contribution is -0.516. The highest BCUT2D eigenvalue weighted by molar-refractivity contribution is 6.26. The van der Waals surface area contributed by atoms with E-state index in [4.69, 9.17) is 22.4 Å². The Morgan fingerprint density at radius 2 is 2.40 bits per heavy atom. The maximum absolute atomic E-state index is 11.3. The van der Waals surface area contributed by atoms with Gasteiger partial charge in [0.25, 0.3) is 0 Å². The number of carboxylic acid groups (broad SMARTS) is 1. The molecule has 0 saturated carbocycles. The van der Waals surface area contributed by atoms with Gasteiger partial charge in [-0.25, -0.2) is 0 Å². The molecule has 3 atom stereocenters. The Morgan fingerprint density at radius 1 is 1.75 bits per heavy atom. The first kappa shape index (κ1) is 14.5. The molecule has 3 unspecified atom stereocenters. The molecule has 0 fully saturated rings. The zero-order valence-electron chi connectivity index (χ0n) is 10.7. The summed E-state index contributed by atoms with van der Waals surface area (Å²) in [7, 11) is 0. The second kappa shape index (κ2) is 4.92. The van der Waals surface area contributed by atoms with Gasteiger partial charge >= 0.3 is 11.0 Å². The summed E-state index contributed by atoms with van der Waals surface area (Å²) in [5, 5.41) is 23.2. The van der Waals surface area contributed by atoms with E-state index in [1.165, 1.54) is 12.2 Å². The van der Waals surface area contributed by atoms with Gasteiger partial charge in [-0.1, -0.05) is 6.08 Å². The predicted octanol–water partition coefficient (Wildman–Crippen LogP) is 0.742. The maximum Gasteiger partial charge on any atom is 0.341 e. The van der Waals surface area contributed by atoms with Gasteiger partial charge in [0.2, 0.25) is 0 Å². The fourth-order valence-corrected chi connectivity index (χ4v) is 2.73. The first-order chi connectivity index (χ1) is 9.27.